The zero-order valence-electron chi connectivity index (χ0n) is 38.9. The molecule has 0 heterocycles. The third-order valence-electron chi connectivity index (χ3n) is 12.2. The number of aliphatic hydroxyl groups excluding tert-OH is 1. The highest BCUT2D eigenvalue weighted by atomic mass is 16.6. The monoisotopic (exact) mass is 807 g/mol. The smallest absolute Gasteiger partial charge is 0.306 e. The van der Waals surface area contributed by atoms with Crippen LogP contribution < -0.4 is 0 Å². The Morgan fingerprint density at radius 2 is 0.544 bits per heavy atom. The van der Waals surface area contributed by atoms with Crippen molar-refractivity contribution in [2.45, 2.75) is 309 Å². The quantitative estimate of drug-likeness (QED) is 0.0490. The first-order chi connectivity index (χ1) is 28.1. The molecule has 57 heavy (non-hydrogen) atoms. The van der Waals surface area contributed by atoms with E-state index in [1.807, 2.05) is 0 Å². The summed E-state index contributed by atoms with van der Waals surface area (Å²) in [7, 11) is 0. The first-order valence-electron chi connectivity index (χ1n) is 26.1. The van der Waals surface area contributed by atoms with E-state index < -0.39 is 6.10 Å². The summed E-state index contributed by atoms with van der Waals surface area (Å²) in [6.07, 6.45) is 57.8. The Morgan fingerprint density at radius 3 is 0.772 bits per heavy atom. The Labute approximate surface area is 357 Å². The van der Waals surface area contributed by atoms with Crippen molar-refractivity contribution in [3.63, 3.8) is 0 Å². The minimum Gasteiger partial charge on any atom is -0.462 e. The number of rotatable bonds is 49. The van der Waals surface area contributed by atoms with E-state index >= 15 is 0 Å². The Balaban J connectivity index is 3.39. The average Bonchev–Trinajstić information content (AvgIpc) is 3.21. The molecule has 5 nitrogen and oxygen atoms in total. The topological polar surface area (TPSA) is 72.8 Å². The molecular weight excluding hydrogens is 705 g/mol. The molecule has 0 aliphatic rings. The molecule has 0 saturated heterocycles. The van der Waals surface area contributed by atoms with Crippen LogP contribution in [0, 0.1) is 0 Å². The van der Waals surface area contributed by atoms with Crippen molar-refractivity contribution in [1.82, 2.24) is 0 Å². The van der Waals surface area contributed by atoms with Gasteiger partial charge in [0.2, 0.25) is 0 Å². The van der Waals surface area contributed by atoms with Gasteiger partial charge in [0.25, 0.3) is 0 Å². The number of hydrogen-bond acceptors (Lipinski definition) is 5. The van der Waals surface area contributed by atoms with E-state index in [2.05, 4.69) is 13.8 Å². The van der Waals surface area contributed by atoms with Gasteiger partial charge in [-0.2, -0.15) is 0 Å². The third kappa shape index (κ3) is 47.5. The predicted octanol–water partition coefficient (Wildman–Crippen LogP) is 17.0. The summed E-state index contributed by atoms with van der Waals surface area (Å²) in [6.45, 7) is 4.19. The van der Waals surface area contributed by atoms with Gasteiger partial charge in [-0.1, -0.05) is 277 Å². The second-order valence-electron chi connectivity index (χ2n) is 18.0. The normalized spacial score (nSPS) is 12.0. The highest BCUT2D eigenvalue weighted by Gasteiger charge is 2.16. The fourth-order valence-corrected chi connectivity index (χ4v) is 8.21. The molecule has 0 rings (SSSR count). The van der Waals surface area contributed by atoms with Gasteiger partial charge in [-0.15, -0.1) is 0 Å². The van der Waals surface area contributed by atoms with Gasteiger partial charge in [0, 0.05) is 12.8 Å². The summed E-state index contributed by atoms with van der Waals surface area (Å²) >= 11 is 0. The van der Waals surface area contributed by atoms with Gasteiger partial charge < -0.3 is 14.6 Å². The lowest BCUT2D eigenvalue weighted by atomic mass is 10.0. The summed E-state index contributed by atoms with van der Waals surface area (Å²) in [4.78, 5) is 24.4. The standard InChI is InChI=1S/C52H102O5/c1-3-5-7-9-11-13-15-17-19-20-21-22-23-24-25-26-27-28-29-30-31-33-35-37-39-41-43-45-47-52(55)57-50(48-53)49-56-51(54)46-44-42-40-38-36-34-32-18-16-14-12-10-8-6-4-2/h50,53H,3-49H2,1-2H3. The van der Waals surface area contributed by atoms with Crippen molar-refractivity contribution < 1.29 is 24.2 Å². The molecule has 0 bridgehead atoms. The minimum atomic E-state index is -0.763. The molecule has 0 aromatic rings. The van der Waals surface area contributed by atoms with Gasteiger partial charge in [-0.3, -0.25) is 9.59 Å². The van der Waals surface area contributed by atoms with Gasteiger partial charge in [-0.05, 0) is 12.8 Å². The molecule has 5 heteroatoms. The van der Waals surface area contributed by atoms with Crippen molar-refractivity contribution in [2.24, 2.45) is 0 Å². The highest BCUT2D eigenvalue weighted by Crippen LogP contribution is 2.18. The summed E-state index contributed by atoms with van der Waals surface area (Å²) in [5.41, 5.74) is 0. The highest BCUT2D eigenvalue weighted by molar-refractivity contribution is 5.70. The third-order valence-corrected chi connectivity index (χ3v) is 12.2. The van der Waals surface area contributed by atoms with Gasteiger partial charge >= 0.3 is 11.9 Å². The van der Waals surface area contributed by atoms with E-state index in [1.54, 1.807) is 0 Å². The van der Waals surface area contributed by atoms with Crippen LogP contribution in [0.3, 0.4) is 0 Å². The van der Waals surface area contributed by atoms with E-state index in [0.717, 1.165) is 32.1 Å². The van der Waals surface area contributed by atoms with Crippen LogP contribution in [0.2, 0.25) is 0 Å². The fraction of sp³-hybridized carbons (Fsp3) is 0.962. The van der Waals surface area contributed by atoms with Crippen molar-refractivity contribution in [3.8, 4) is 0 Å². The maximum atomic E-state index is 12.3. The van der Waals surface area contributed by atoms with E-state index in [1.165, 1.54) is 244 Å². The van der Waals surface area contributed by atoms with Gasteiger partial charge in [0.1, 0.15) is 6.61 Å². The lowest BCUT2D eigenvalue weighted by molar-refractivity contribution is -0.161. The molecule has 0 saturated carbocycles. The van der Waals surface area contributed by atoms with Crippen LogP contribution >= 0.6 is 0 Å². The molecule has 0 aromatic heterocycles. The van der Waals surface area contributed by atoms with Crippen LogP contribution in [0.4, 0.5) is 0 Å². The molecule has 1 atom stereocenters. The minimum absolute atomic E-state index is 0.0562. The number of hydrogen-bond donors (Lipinski definition) is 1. The number of carbonyl (C=O) groups is 2. The zero-order chi connectivity index (χ0) is 41.4. The van der Waals surface area contributed by atoms with Crippen LogP contribution in [0.15, 0.2) is 0 Å². The van der Waals surface area contributed by atoms with Gasteiger partial charge in [0.15, 0.2) is 6.10 Å². The predicted molar refractivity (Wildman–Crippen MR) is 247 cm³/mol. The first-order valence-corrected chi connectivity index (χ1v) is 26.1. The lowest BCUT2D eigenvalue weighted by Gasteiger charge is -2.15. The second-order valence-corrected chi connectivity index (χ2v) is 18.0. The van der Waals surface area contributed by atoms with Gasteiger partial charge in [-0.25, -0.2) is 0 Å². The zero-order valence-corrected chi connectivity index (χ0v) is 38.9. The largest absolute Gasteiger partial charge is 0.462 e. The maximum absolute atomic E-state index is 12.3. The van der Waals surface area contributed by atoms with Crippen LogP contribution in [-0.4, -0.2) is 36.4 Å². The van der Waals surface area contributed by atoms with Crippen molar-refractivity contribution in [3.05, 3.63) is 0 Å². The Bertz CT molecular complexity index is 784. The van der Waals surface area contributed by atoms with E-state index in [-0.39, 0.29) is 25.2 Å². The number of aliphatic hydroxyl groups is 1. The Kier molecular flexibility index (Phi) is 48.3. The average molecular weight is 807 g/mol. The van der Waals surface area contributed by atoms with Crippen molar-refractivity contribution >= 4 is 11.9 Å². The number of ether oxygens (including phenoxy) is 2. The SMILES string of the molecule is CCCCCCCCCCCCCCCCCCCCCCCCCCCCCCC(=O)OC(CO)COC(=O)CCCCCCCCCCCCCCCCC. The molecular formula is C52H102O5. The molecule has 0 aromatic carbocycles. The van der Waals surface area contributed by atoms with E-state index in [0.29, 0.717) is 12.8 Å². The number of esters is 2. The molecule has 0 aliphatic heterocycles. The Morgan fingerprint density at radius 1 is 0.333 bits per heavy atom. The molecule has 1 N–H and O–H groups in total. The number of unbranched alkanes of at least 4 members (excludes halogenated alkanes) is 41. The number of carbonyl (C=O) groups excluding carboxylic acids is 2. The summed E-state index contributed by atoms with van der Waals surface area (Å²) in [6, 6.07) is 0. The Hall–Kier alpha value is -1.10. The molecule has 0 radical (unpaired) electrons. The van der Waals surface area contributed by atoms with Crippen LogP contribution in [0.25, 0.3) is 0 Å². The van der Waals surface area contributed by atoms with Crippen LogP contribution in [0.1, 0.15) is 303 Å². The molecule has 0 spiro atoms. The summed E-state index contributed by atoms with van der Waals surface area (Å²) < 4.78 is 10.7. The lowest BCUT2D eigenvalue weighted by Crippen LogP contribution is -2.28. The van der Waals surface area contributed by atoms with Crippen LogP contribution in [0.5, 0.6) is 0 Å². The molecule has 340 valence electrons. The summed E-state index contributed by atoms with van der Waals surface area (Å²) in [5, 5.41) is 9.61. The van der Waals surface area contributed by atoms with Crippen molar-refractivity contribution in [1.29, 1.82) is 0 Å². The van der Waals surface area contributed by atoms with Gasteiger partial charge in [0.05, 0.1) is 6.61 Å². The summed E-state index contributed by atoms with van der Waals surface area (Å²) in [5.74, 6) is -0.567. The molecule has 1 unspecified atom stereocenters. The molecule has 0 amide bonds. The first kappa shape index (κ1) is 55.9. The van der Waals surface area contributed by atoms with Crippen molar-refractivity contribution in [2.75, 3.05) is 13.2 Å². The maximum Gasteiger partial charge on any atom is 0.306 e. The second kappa shape index (κ2) is 49.3. The molecule has 0 aliphatic carbocycles. The molecule has 0 fully saturated rings. The van der Waals surface area contributed by atoms with E-state index in [4.69, 9.17) is 9.47 Å². The van der Waals surface area contributed by atoms with E-state index in [9.17, 15) is 14.7 Å². The van der Waals surface area contributed by atoms with Crippen LogP contribution in [-0.2, 0) is 19.1 Å². The fourth-order valence-electron chi connectivity index (χ4n) is 8.21.